The first-order chi connectivity index (χ1) is 7.59. The molecule has 2 aromatic rings. The smallest absolute Gasteiger partial charge is 0.130 e. The summed E-state index contributed by atoms with van der Waals surface area (Å²) in [6.07, 6.45) is 1.33. The molecule has 16 heavy (non-hydrogen) atoms. The van der Waals surface area contributed by atoms with E-state index in [0.717, 1.165) is 0 Å². The summed E-state index contributed by atoms with van der Waals surface area (Å²) in [5, 5.41) is 0.433. The molecule has 0 aliphatic heterocycles. The molecule has 0 fully saturated rings. The van der Waals surface area contributed by atoms with Gasteiger partial charge >= 0.3 is 0 Å². The molecule has 82 valence electrons. The Morgan fingerprint density at radius 2 is 2.06 bits per heavy atom. The molecule has 2 rings (SSSR count). The van der Waals surface area contributed by atoms with Crippen LogP contribution >= 0.6 is 11.6 Å². The quantitative estimate of drug-likeness (QED) is 0.830. The van der Waals surface area contributed by atoms with Crippen LogP contribution in [0.3, 0.4) is 0 Å². The molecule has 0 saturated carbocycles. The van der Waals surface area contributed by atoms with Crippen molar-refractivity contribution in [3.05, 3.63) is 40.9 Å². The molecule has 1 aromatic carbocycles. The molecular formula is C11H9ClFN3. The van der Waals surface area contributed by atoms with Crippen LogP contribution in [0.1, 0.15) is 5.56 Å². The second-order valence-electron chi connectivity index (χ2n) is 3.36. The van der Waals surface area contributed by atoms with E-state index in [1.54, 1.807) is 6.92 Å². The second-order valence-corrected chi connectivity index (χ2v) is 3.76. The number of nitrogens with two attached hydrogens (primary N) is 1. The van der Waals surface area contributed by atoms with Gasteiger partial charge in [-0.2, -0.15) is 0 Å². The first kappa shape index (κ1) is 10.8. The maximum atomic E-state index is 13.1. The summed E-state index contributed by atoms with van der Waals surface area (Å²) in [7, 11) is 0. The Kier molecular flexibility index (Phi) is 2.75. The highest BCUT2D eigenvalue weighted by Crippen LogP contribution is 2.30. The monoisotopic (exact) mass is 237 g/mol. The summed E-state index contributed by atoms with van der Waals surface area (Å²) in [5.74, 6) is 0.00121. The van der Waals surface area contributed by atoms with Crippen LogP contribution in [0.15, 0.2) is 24.5 Å². The standard InChI is InChI=1S/C11H9ClFN3/c1-6-10(15-5-16-11(6)14)8-4-7(13)2-3-9(8)12/h2-5H,1H3,(H2,14,15,16). The topological polar surface area (TPSA) is 51.8 Å². The van der Waals surface area contributed by atoms with E-state index in [2.05, 4.69) is 9.97 Å². The second kappa shape index (κ2) is 4.06. The lowest BCUT2D eigenvalue weighted by molar-refractivity contribution is 0.628. The number of rotatable bonds is 1. The minimum Gasteiger partial charge on any atom is -0.383 e. The molecule has 3 nitrogen and oxygen atoms in total. The summed E-state index contributed by atoms with van der Waals surface area (Å²) in [5.41, 5.74) is 7.42. The van der Waals surface area contributed by atoms with Crippen LogP contribution in [-0.2, 0) is 0 Å². The van der Waals surface area contributed by atoms with Gasteiger partial charge in [0.15, 0.2) is 0 Å². The summed E-state index contributed by atoms with van der Waals surface area (Å²) in [6, 6.07) is 4.12. The van der Waals surface area contributed by atoms with E-state index < -0.39 is 0 Å². The fourth-order valence-electron chi connectivity index (χ4n) is 1.41. The number of anilines is 1. The third-order valence-corrected chi connectivity index (χ3v) is 2.64. The molecular weight excluding hydrogens is 229 g/mol. The lowest BCUT2D eigenvalue weighted by Crippen LogP contribution is -1.99. The Balaban J connectivity index is 2.67. The van der Waals surface area contributed by atoms with Crippen molar-refractivity contribution < 1.29 is 4.39 Å². The van der Waals surface area contributed by atoms with Crippen molar-refractivity contribution in [1.29, 1.82) is 0 Å². The van der Waals surface area contributed by atoms with Gasteiger partial charge in [0.25, 0.3) is 0 Å². The van der Waals surface area contributed by atoms with E-state index >= 15 is 0 Å². The maximum Gasteiger partial charge on any atom is 0.130 e. The van der Waals surface area contributed by atoms with E-state index in [9.17, 15) is 4.39 Å². The Morgan fingerprint density at radius 3 is 2.81 bits per heavy atom. The molecule has 0 saturated heterocycles. The fraction of sp³-hybridized carbons (Fsp3) is 0.0909. The van der Waals surface area contributed by atoms with Crippen molar-refractivity contribution in [2.45, 2.75) is 6.92 Å². The number of nitrogens with zero attached hydrogens (tertiary/aromatic N) is 2. The molecule has 0 spiro atoms. The number of benzene rings is 1. The SMILES string of the molecule is Cc1c(N)ncnc1-c1cc(F)ccc1Cl. The van der Waals surface area contributed by atoms with Crippen LogP contribution in [-0.4, -0.2) is 9.97 Å². The van der Waals surface area contributed by atoms with Crippen LogP contribution in [0.25, 0.3) is 11.3 Å². The van der Waals surface area contributed by atoms with Gasteiger partial charge in [-0.3, -0.25) is 0 Å². The zero-order chi connectivity index (χ0) is 11.7. The van der Waals surface area contributed by atoms with Gasteiger partial charge < -0.3 is 5.73 Å². The molecule has 0 bridgehead atoms. The minimum atomic E-state index is -0.365. The van der Waals surface area contributed by atoms with Gasteiger partial charge in [0, 0.05) is 11.1 Å². The lowest BCUT2D eigenvalue weighted by Gasteiger charge is -2.08. The summed E-state index contributed by atoms with van der Waals surface area (Å²) in [6.45, 7) is 1.77. The molecule has 0 aliphatic rings. The first-order valence-electron chi connectivity index (χ1n) is 4.62. The van der Waals surface area contributed by atoms with Gasteiger partial charge in [-0.05, 0) is 25.1 Å². The van der Waals surface area contributed by atoms with E-state index in [1.807, 2.05) is 0 Å². The molecule has 0 unspecified atom stereocenters. The van der Waals surface area contributed by atoms with E-state index in [1.165, 1.54) is 24.5 Å². The minimum absolute atomic E-state index is 0.365. The highest BCUT2D eigenvalue weighted by molar-refractivity contribution is 6.33. The van der Waals surface area contributed by atoms with Crippen molar-refractivity contribution in [3.8, 4) is 11.3 Å². The Labute approximate surface area is 97.1 Å². The normalized spacial score (nSPS) is 10.4. The fourth-order valence-corrected chi connectivity index (χ4v) is 1.62. The molecule has 0 amide bonds. The zero-order valence-electron chi connectivity index (χ0n) is 8.54. The third kappa shape index (κ3) is 1.84. The Bertz CT molecular complexity index is 543. The Morgan fingerprint density at radius 1 is 1.31 bits per heavy atom. The lowest BCUT2D eigenvalue weighted by atomic mass is 10.1. The average Bonchev–Trinajstić information content (AvgIpc) is 2.26. The van der Waals surface area contributed by atoms with Gasteiger partial charge in [-0.15, -0.1) is 0 Å². The van der Waals surface area contributed by atoms with Crippen LogP contribution < -0.4 is 5.73 Å². The highest BCUT2D eigenvalue weighted by atomic mass is 35.5. The molecule has 1 heterocycles. The van der Waals surface area contributed by atoms with E-state index in [-0.39, 0.29) is 5.82 Å². The van der Waals surface area contributed by atoms with E-state index in [0.29, 0.717) is 27.7 Å². The summed E-state index contributed by atoms with van der Waals surface area (Å²) < 4.78 is 13.1. The average molecular weight is 238 g/mol. The Hall–Kier alpha value is -1.68. The van der Waals surface area contributed by atoms with Crippen molar-refractivity contribution in [1.82, 2.24) is 9.97 Å². The summed E-state index contributed by atoms with van der Waals surface area (Å²) >= 11 is 5.99. The molecule has 2 N–H and O–H groups in total. The number of halogens is 2. The van der Waals surface area contributed by atoms with Crippen LogP contribution in [0.4, 0.5) is 10.2 Å². The van der Waals surface area contributed by atoms with E-state index in [4.69, 9.17) is 17.3 Å². The van der Waals surface area contributed by atoms with Gasteiger partial charge in [0.1, 0.15) is 18.0 Å². The largest absolute Gasteiger partial charge is 0.383 e. The number of nitrogen functional groups attached to an aromatic ring is 1. The zero-order valence-corrected chi connectivity index (χ0v) is 9.29. The predicted molar refractivity (Wildman–Crippen MR) is 61.6 cm³/mol. The van der Waals surface area contributed by atoms with Crippen LogP contribution in [0.5, 0.6) is 0 Å². The molecule has 0 atom stereocenters. The van der Waals surface area contributed by atoms with Crippen molar-refractivity contribution in [2.75, 3.05) is 5.73 Å². The first-order valence-corrected chi connectivity index (χ1v) is 5.00. The van der Waals surface area contributed by atoms with Crippen molar-refractivity contribution in [3.63, 3.8) is 0 Å². The number of hydrogen-bond acceptors (Lipinski definition) is 3. The molecule has 5 heteroatoms. The van der Waals surface area contributed by atoms with Crippen LogP contribution in [0, 0.1) is 12.7 Å². The predicted octanol–water partition coefficient (Wildman–Crippen LogP) is 2.83. The molecule has 0 radical (unpaired) electrons. The van der Waals surface area contributed by atoms with Crippen molar-refractivity contribution in [2.24, 2.45) is 0 Å². The van der Waals surface area contributed by atoms with Gasteiger partial charge in [0.05, 0.1) is 10.7 Å². The highest BCUT2D eigenvalue weighted by Gasteiger charge is 2.11. The number of aromatic nitrogens is 2. The van der Waals surface area contributed by atoms with Crippen molar-refractivity contribution >= 4 is 17.4 Å². The molecule has 1 aromatic heterocycles. The number of hydrogen-bond donors (Lipinski definition) is 1. The van der Waals surface area contributed by atoms with Crippen LogP contribution in [0.2, 0.25) is 5.02 Å². The van der Waals surface area contributed by atoms with Gasteiger partial charge in [-0.1, -0.05) is 11.6 Å². The maximum absolute atomic E-state index is 13.1. The molecule has 0 aliphatic carbocycles. The van der Waals surface area contributed by atoms with Gasteiger partial charge in [-0.25, -0.2) is 14.4 Å². The summed E-state index contributed by atoms with van der Waals surface area (Å²) in [4.78, 5) is 7.92. The van der Waals surface area contributed by atoms with Gasteiger partial charge in [0.2, 0.25) is 0 Å². The third-order valence-electron chi connectivity index (χ3n) is 2.31.